The van der Waals surface area contributed by atoms with Crippen molar-refractivity contribution in [2.45, 2.75) is 26.2 Å². The van der Waals surface area contributed by atoms with E-state index in [1.54, 1.807) is 7.05 Å². The third kappa shape index (κ3) is 3.56. The molecule has 1 aliphatic heterocycles. The Morgan fingerprint density at radius 3 is 2.38 bits per heavy atom. The maximum absolute atomic E-state index is 12.9. The largest absolute Gasteiger partial charge is 0.396 e. The summed E-state index contributed by atoms with van der Waals surface area (Å²) >= 11 is 0. The summed E-state index contributed by atoms with van der Waals surface area (Å²) in [6, 6.07) is 0. The standard InChI is InChI=1S/C7H13F2NO.C2H6/c1-10-3-2-7(8,9)6(4-10)5-11;1-2/h6,11H,2-5H2,1H3;1-2H3. The summed E-state index contributed by atoms with van der Waals surface area (Å²) < 4.78 is 25.7. The zero-order valence-corrected chi connectivity index (χ0v) is 8.56. The summed E-state index contributed by atoms with van der Waals surface area (Å²) in [6.45, 7) is 4.30. The second-order valence-electron chi connectivity index (χ2n) is 3.15. The molecule has 4 heteroatoms. The van der Waals surface area contributed by atoms with Gasteiger partial charge in [-0.2, -0.15) is 0 Å². The first kappa shape index (κ1) is 12.8. The second kappa shape index (κ2) is 5.50. The highest BCUT2D eigenvalue weighted by molar-refractivity contribution is 4.84. The molecule has 13 heavy (non-hydrogen) atoms. The van der Waals surface area contributed by atoms with E-state index in [1.165, 1.54) is 0 Å². The zero-order chi connectivity index (χ0) is 10.5. The monoisotopic (exact) mass is 195 g/mol. The molecule has 1 heterocycles. The Hall–Kier alpha value is -0.220. The van der Waals surface area contributed by atoms with Gasteiger partial charge in [-0.3, -0.25) is 0 Å². The smallest absolute Gasteiger partial charge is 0.255 e. The number of hydrogen-bond acceptors (Lipinski definition) is 2. The molecule has 1 atom stereocenters. The maximum Gasteiger partial charge on any atom is 0.255 e. The van der Waals surface area contributed by atoms with Gasteiger partial charge in [0.2, 0.25) is 0 Å². The first-order chi connectivity index (χ1) is 6.06. The summed E-state index contributed by atoms with van der Waals surface area (Å²) in [5.41, 5.74) is 0. The predicted octanol–water partition coefficient (Wildman–Crippen LogP) is 1.59. The number of aliphatic hydroxyl groups excluding tert-OH is 1. The molecule has 0 radical (unpaired) electrons. The van der Waals surface area contributed by atoms with Crippen molar-refractivity contribution in [1.82, 2.24) is 4.90 Å². The van der Waals surface area contributed by atoms with Crippen LogP contribution >= 0.6 is 0 Å². The molecule has 80 valence electrons. The summed E-state index contributed by atoms with van der Waals surface area (Å²) in [4.78, 5) is 1.82. The molecule has 0 amide bonds. The van der Waals surface area contributed by atoms with Crippen LogP contribution in [0.15, 0.2) is 0 Å². The van der Waals surface area contributed by atoms with Crippen LogP contribution in [0, 0.1) is 5.92 Å². The summed E-state index contributed by atoms with van der Waals surface area (Å²) in [5, 5.41) is 8.64. The molecule has 0 aromatic heterocycles. The maximum atomic E-state index is 12.9. The Bertz CT molecular complexity index is 142. The van der Waals surface area contributed by atoms with Crippen LogP contribution in [-0.2, 0) is 0 Å². The molecular weight excluding hydrogens is 176 g/mol. The van der Waals surface area contributed by atoms with Gasteiger partial charge in [-0.05, 0) is 7.05 Å². The Kier molecular flexibility index (Phi) is 5.40. The van der Waals surface area contributed by atoms with Crippen LogP contribution in [-0.4, -0.2) is 42.7 Å². The zero-order valence-electron chi connectivity index (χ0n) is 8.56. The normalized spacial score (nSPS) is 27.7. The Morgan fingerprint density at radius 2 is 2.00 bits per heavy atom. The highest BCUT2D eigenvalue weighted by atomic mass is 19.3. The van der Waals surface area contributed by atoms with Crippen LogP contribution in [0.2, 0.25) is 0 Å². The van der Waals surface area contributed by atoms with E-state index in [1.807, 2.05) is 18.7 Å². The molecule has 0 bridgehead atoms. The fourth-order valence-corrected chi connectivity index (χ4v) is 1.34. The van der Waals surface area contributed by atoms with Crippen molar-refractivity contribution in [2.75, 3.05) is 26.7 Å². The molecule has 1 N–H and O–H groups in total. The number of piperidine rings is 1. The lowest BCUT2D eigenvalue weighted by molar-refractivity contribution is -0.116. The Morgan fingerprint density at radius 1 is 1.46 bits per heavy atom. The molecule has 0 aromatic rings. The minimum absolute atomic E-state index is 0.130. The molecule has 0 aromatic carbocycles. The molecule has 0 spiro atoms. The summed E-state index contributed by atoms with van der Waals surface area (Å²) in [6.07, 6.45) is -0.130. The molecule has 1 aliphatic rings. The van der Waals surface area contributed by atoms with Crippen LogP contribution in [0.3, 0.4) is 0 Å². The van der Waals surface area contributed by atoms with E-state index in [0.29, 0.717) is 13.1 Å². The highest BCUT2D eigenvalue weighted by Gasteiger charge is 2.42. The van der Waals surface area contributed by atoms with Gasteiger partial charge in [-0.15, -0.1) is 0 Å². The van der Waals surface area contributed by atoms with Gasteiger partial charge in [0, 0.05) is 19.5 Å². The molecule has 1 fully saturated rings. The number of rotatable bonds is 1. The summed E-state index contributed by atoms with van der Waals surface area (Å²) in [7, 11) is 1.79. The van der Waals surface area contributed by atoms with Crippen molar-refractivity contribution in [2.24, 2.45) is 5.92 Å². The second-order valence-corrected chi connectivity index (χ2v) is 3.15. The number of hydrogen-bond donors (Lipinski definition) is 1. The van der Waals surface area contributed by atoms with Crippen molar-refractivity contribution >= 4 is 0 Å². The van der Waals surface area contributed by atoms with E-state index in [-0.39, 0.29) is 6.42 Å². The van der Waals surface area contributed by atoms with Crippen molar-refractivity contribution < 1.29 is 13.9 Å². The predicted molar refractivity (Wildman–Crippen MR) is 49.0 cm³/mol. The number of nitrogens with zero attached hydrogens (tertiary/aromatic N) is 1. The van der Waals surface area contributed by atoms with Gasteiger partial charge >= 0.3 is 0 Å². The van der Waals surface area contributed by atoms with Crippen LogP contribution in [0.5, 0.6) is 0 Å². The Labute approximate surface area is 78.5 Å². The number of likely N-dealkylation sites (tertiary alicyclic amines) is 1. The third-order valence-corrected chi connectivity index (χ3v) is 2.18. The average molecular weight is 195 g/mol. The van der Waals surface area contributed by atoms with Crippen LogP contribution in [0.25, 0.3) is 0 Å². The lowest BCUT2D eigenvalue weighted by atomic mass is 9.95. The molecule has 1 unspecified atom stereocenters. The van der Waals surface area contributed by atoms with Crippen molar-refractivity contribution in [3.05, 3.63) is 0 Å². The molecule has 1 rings (SSSR count). The van der Waals surface area contributed by atoms with Crippen LogP contribution in [0.1, 0.15) is 20.3 Å². The van der Waals surface area contributed by atoms with Crippen LogP contribution < -0.4 is 0 Å². The number of aliphatic hydroxyl groups is 1. The van der Waals surface area contributed by atoms with E-state index in [9.17, 15) is 8.78 Å². The first-order valence-electron chi connectivity index (χ1n) is 4.73. The molecular formula is C9H19F2NO. The SMILES string of the molecule is CC.CN1CCC(F)(F)C(CO)C1. The molecule has 2 nitrogen and oxygen atoms in total. The van der Waals surface area contributed by atoms with E-state index < -0.39 is 18.4 Å². The van der Waals surface area contributed by atoms with E-state index >= 15 is 0 Å². The van der Waals surface area contributed by atoms with Crippen molar-refractivity contribution in [3.63, 3.8) is 0 Å². The van der Waals surface area contributed by atoms with Gasteiger partial charge in [0.25, 0.3) is 5.92 Å². The first-order valence-corrected chi connectivity index (χ1v) is 4.73. The van der Waals surface area contributed by atoms with Gasteiger partial charge < -0.3 is 10.0 Å². The van der Waals surface area contributed by atoms with Gasteiger partial charge in [0.15, 0.2) is 0 Å². The van der Waals surface area contributed by atoms with Crippen LogP contribution in [0.4, 0.5) is 8.78 Å². The van der Waals surface area contributed by atoms with Gasteiger partial charge in [0.05, 0.1) is 12.5 Å². The Balaban J connectivity index is 0.000000671. The van der Waals surface area contributed by atoms with E-state index in [0.717, 1.165) is 0 Å². The minimum Gasteiger partial charge on any atom is -0.396 e. The van der Waals surface area contributed by atoms with Gasteiger partial charge in [0.1, 0.15) is 0 Å². The van der Waals surface area contributed by atoms with Gasteiger partial charge in [-0.1, -0.05) is 13.8 Å². The minimum atomic E-state index is -2.67. The molecule has 0 aliphatic carbocycles. The van der Waals surface area contributed by atoms with E-state index in [4.69, 9.17) is 5.11 Å². The highest BCUT2D eigenvalue weighted by Crippen LogP contribution is 2.32. The number of alkyl halides is 2. The summed E-state index contributed by atoms with van der Waals surface area (Å²) in [5.74, 6) is -3.54. The van der Waals surface area contributed by atoms with Crippen molar-refractivity contribution in [1.29, 1.82) is 0 Å². The lowest BCUT2D eigenvalue weighted by Gasteiger charge is -2.35. The van der Waals surface area contributed by atoms with Crippen molar-refractivity contribution in [3.8, 4) is 0 Å². The van der Waals surface area contributed by atoms with Gasteiger partial charge in [-0.25, -0.2) is 8.78 Å². The third-order valence-electron chi connectivity index (χ3n) is 2.18. The topological polar surface area (TPSA) is 23.5 Å². The quantitative estimate of drug-likeness (QED) is 0.687. The molecule has 1 saturated heterocycles. The lowest BCUT2D eigenvalue weighted by Crippen LogP contribution is -2.46. The fourth-order valence-electron chi connectivity index (χ4n) is 1.34. The van der Waals surface area contributed by atoms with E-state index in [2.05, 4.69) is 0 Å². The number of halogens is 2. The molecule has 0 saturated carbocycles. The fraction of sp³-hybridized carbons (Fsp3) is 1.00. The average Bonchev–Trinajstić information content (AvgIpc) is 2.13.